The summed E-state index contributed by atoms with van der Waals surface area (Å²) >= 11 is 1.74. The van der Waals surface area contributed by atoms with Gasteiger partial charge in [0.25, 0.3) is 0 Å². The van der Waals surface area contributed by atoms with Crippen molar-refractivity contribution in [3.63, 3.8) is 0 Å². The van der Waals surface area contributed by atoms with Crippen molar-refractivity contribution in [3.8, 4) is 0 Å². The second-order valence-electron chi connectivity index (χ2n) is 11.9. The summed E-state index contributed by atoms with van der Waals surface area (Å²) in [7, 11) is 4.32. The van der Waals surface area contributed by atoms with Crippen LogP contribution in [0, 0.1) is 6.92 Å². The van der Waals surface area contributed by atoms with Gasteiger partial charge in [0.05, 0.1) is 28.9 Å². The normalized spacial score (nSPS) is 17.3. The van der Waals surface area contributed by atoms with Crippen LogP contribution in [0.2, 0.25) is 0 Å². The maximum atomic E-state index is 5.12. The van der Waals surface area contributed by atoms with Crippen LogP contribution in [-0.4, -0.2) is 71.6 Å². The zero-order valence-electron chi connectivity index (χ0n) is 24.6. The Morgan fingerprint density at radius 1 is 1.10 bits per heavy atom. The first-order chi connectivity index (χ1) is 20.0. The molecule has 2 aromatic heterocycles. The molecule has 0 bridgehead atoms. The van der Waals surface area contributed by atoms with Gasteiger partial charge >= 0.3 is 0 Å². The van der Waals surface area contributed by atoms with Gasteiger partial charge in [0, 0.05) is 31.5 Å². The number of benzene rings is 2. The number of piperidine rings is 1. The molecule has 8 nitrogen and oxygen atoms in total. The SMILES string of the molecule is CCc1cc(C2CCN(CCN(C)C)CC2)c(C)cc1Nc1nc(N2SN3CCc4cccc2c43)c2cc[nH]c2n1. The monoisotopic (exact) mass is 568 g/mol. The maximum absolute atomic E-state index is 5.12. The van der Waals surface area contributed by atoms with Gasteiger partial charge in [-0.2, -0.15) is 9.97 Å². The van der Waals surface area contributed by atoms with Crippen molar-refractivity contribution < 1.29 is 0 Å². The molecule has 214 valence electrons. The average Bonchev–Trinajstić information content (AvgIpc) is 3.71. The number of nitrogens with one attached hydrogen (secondary N) is 2. The van der Waals surface area contributed by atoms with E-state index in [9.17, 15) is 0 Å². The van der Waals surface area contributed by atoms with E-state index in [1.54, 1.807) is 12.1 Å². The number of rotatable bonds is 8. The lowest BCUT2D eigenvalue weighted by Gasteiger charge is -2.33. The van der Waals surface area contributed by atoms with Gasteiger partial charge in [-0.1, -0.05) is 25.1 Å². The summed E-state index contributed by atoms with van der Waals surface area (Å²) in [6, 6.07) is 13.5. The summed E-state index contributed by atoms with van der Waals surface area (Å²) in [5, 5.41) is 4.66. The number of hydrogen-bond acceptors (Lipinski definition) is 8. The van der Waals surface area contributed by atoms with Gasteiger partial charge in [-0.25, -0.2) is 4.31 Å². The van der Waals surface area contributed by atoms with Crippen LogP contribution in [0.3, 0.4) is 0 Å². The number of likely N-dealkylation sites (tertiary alicyclic amines) is 1. The lowest BCUT2D eigenvalue weighted by Crippen LogP contribution is -2.37. The van der Waals surface area contributed by atoms with Gasteiger partial charge in [0.15, 0.2) is 5.82 Å². The molecule has 41 heavy (non-hydrogen) atoms. The summed E-state index contributed by atoms with van der Waals surface area (Å²) in [5.74, 6) is 2.17. The van der Waals surface area contributed by atoms with Crippen molar-refractivity contribution in [1.29, 1.82) is 0 Å². The highest BCUT2D eigenvalue weighted by Gasteiger charge is 2.36. The minimum atomic E-state index is 0.625. The van der Waals surface area contributed by atoms with Crippen LogP contribution >= 0.6 is 12.1 Å². The molecule has 3 aliphatic rings. The highest BCUT2D eigenvalue weighted by Crippen LogP contribution is 2.53. The number of para-hydroxylation sites is 1. The van der Waals surface area contributed by atoms with Gasteiger partial charge in [-0.05, 0) is 106 Å². The summed E-state index contributed by atoms with van der Waals surface area (Å²) in [5.41, 5.74) is 10.1. The number of aryl methyl sites for hydroxylation is 2. The van der Waals surface area contributed by atoms with Crippen molar-refractivity contribution in [2.75, 3.05) is 60.7 Å². The zero-order valence-corrected chi connectivity index (χ0v) is 25.4. The number of aromatic nitrogens is 3. The molecule has 0 atom stereocenters. The maximum Gasteiger partial charge on any atom is 0.231 e. The van der Waals surface area contributed by atoms with Crippen molar-refractivity contribution in [1.82, 2.24) is 24.8 Å². The van der Waals surface area contributed by atoms with E-state index in [1.807, 2.05) is 6.20 Å². The number of likely N-dealkylation sites (N-methyl/N-ethyl adjacent to an activating group) is 1. The largest absolute Gasteiger partial charge is 0.346 e. The van der Waals surface area contributed by atoms with E-state index in [0.717, 1.165) is 55.0 Å². The topological polar surface area (TPSA) is 66.6 Å². The quantitative estimate of drug-likeness (QED) is 0.237. The fourth-order valence-corrected chi connectivity index (χ4v) is 7.74. The van der Waals surface area contributed by atoms with Crippen LogP contribution in [-0.2, 0) is 12.8 Å². The predicted octanol–water partition coefficient (Wildman–Crippen LogP) is 6.39. The standard InChI is InChI=1S/C32H40N8S/c1-5-22-20-26(23-10-14-38(15-11-23)18-17-37(3)4)21(2)19-27(22)34-32-35-30-25(9-13-33-30)31(36-32)40-28-8-6-7-24-12-16-39(41-40)29(24)28/h6-9,13,19-20,23H,5,10-12,14-18H2,1-4H3,(H2,33,34,35,36). The third-order valence-electron chi connectivity index (χ3n) is 8.93. The Morgan fingerprint density at radius 2 is 1.95 bits per heavy atom. The third kappa shape index (κ3) is 4.94. The van der Waals surface area contributed by atoms with E-state index in [0.29, 0.717) is 11.9 Å². The van der Waals surface area contributed by atoms with Crippen molar-refractivity contribution in [2.45, 2.75) is 45.4 Å². The number of aromatic amines is 1. The smallest absolute Gasteiger partial charge is 0.231 e. The number of anilines is 5. The summed E-state index contributed by atoms with van der Waals surface area (Å²) < 4.78 is 4.66. The van der Waals surface area contributed by atoms with Gasteiger partial charge in [0.2, 0.25) is 5.95 Å². The van der Waals surface area contributed by atoms with Crippen LogP contribution in [0.1, 0.15) is 47.9 Å². The average molecular weight is 569 g/mol. The highest BCUT2D eigenvalue weighted by atomic mass is 32.2. The Bertz CT molecular complexity index is 1570. The van der Waals surface area contributed by atoms with Crippen LogP contribution in [0.4, 0.5) is 28.8 Å². The van der Waals surface area contributed by atoms with E-state index in [2.05, 4.69) is 93.1 Å². The van der Waals surface area contributed by atoms with Crippen LogP contribution in [0.15, 0.2) is 42.6 Å². The van der Waals surface area contributed by atoms with E-state index in [1.165, 1.54) is 59.6 Å². The predicted molar refractivity (Wildman–Crippen MR) is 172 cm³/mol. The van der Waals surface area contributed by atoms with Gasteiger partial charge in [-0.3, -0.25) is 4.31 Å². The second kappa shape index (κ2) is 10.9. The molecule has 0 spiro atoms. The van der Waals surface area contributed by atoms with Crippen molar-refractivity contribution in [2.24, 2.45) is 0 Å². The van der Waals surface area contributed by atoms with Crippen molar-refractivity contribution >= 4 is 52.0 Å². The molecule has 0 saturated carbocycles. The molecule has 1 fully saturated rings. The lowest BCUT2D eigenvalue weighted by atomic mass is 9.85. The first-order valence-corrected chi connectivity index (χ1v) is 15.7. The van der Waals surface area contributed by atoms with E-state index >= 15 is 0 Å². The van der Waals surface area contributed by atoms with Gasteiger partial charge in [-0.15, -0.1) is 0 Å². The Labute approximate surface area is 247 Å². The summed E-state index contributed by atoms with van der Waals surface area (Å²) in [6.07, 6.45) is 6.48. The van der Waals surface area contributed by atoms with Gasteiger partial charge in [0.1, 0.15) is 5.65 Å². The molecule has 0 unspecified atom stereocenters. The molecule has 2 N–H and O–H groups in total. The minimum Gasteiger partial charge on any atom is -0.346 e. The van der Waals surface area contributed by atoms with Crippen LogP contribution < -0.4 is 13.9 Å². The molecule has 9 heteroatoms. The highest BCUT2D eigenvalue weighted by molar-refractivity contribution is 8.02. The van der Waals surface area contributed by atoms with Crippen molar-refractivity contribution in [3.05, 3.63) is 64.8 Å². The van der Waals surface area contributed by atoms with E-state index in [-0.39, 0.29) is 0 Å². The fraction of sp³-hybridized carbons (Fsp3) is 0.438. The molecule has 2 aromatic carbocycles. The molecule has 1 saturated heterocycles. The third-order valence-corrected chi connectivity index (χ3v) is 10.0. The van der Waals surface area contributed by atoms with E-state index in [4.69, 9.17) is 9.97 Å². The molecular weight excluding hydrogens is 528 g/mol. The Balaban J connectivity index is 1.16. The number of fused-ring (bicyclic) bond motifs is 1. The number of hydrogen-bond donors (Lipinski definition) is 2. The Morgan fingerprint density at radius 3 is 2.76 bits per heavy atom. The minimum absolute atomic E-state index is 0.625. The summed E-state index contributed by atoms with van der Waals surface area (Å²) in [4.78, 5) is 18.2. The van der Waals surface area contributed by atoms with Crippen LogP contribution in [0.25, 0.3) is 11.0 Å². The lowest BCUT2D eigenvalue weighted by molar-refractivity contribution is 0.193. The molecule has 7 rings (SSSR count). The molecule has 3 aliphatic heterocycles. The molecule has 4 aromatic rings. The first-order valence-electron chi connectivity index (χ1n) is 15.0. The molecular formula is C32H40N8S. The zero-order chi connectivity index (χ0) is 28.1. The second-order valence-corrected chi connectivity index (χ2v) is 12.9. The molecule has 0 amide bonds. The van der Waals surface area contributed by atoms with Gasteiger partial charge < -0.3 is 20.1 Å². The first kappa shape index (κ1) is 26.6. The Kier molecular flexibility index (Phi) is 7.05. The molecule has 0 radical (unpaired) electrons. The number of H-pyrrole nitrogens is 1. The molecule has 5 heterocycles. The van der Waals surface area contributed by atoms with Crippen LogP contribution in [0.5, 0.6) is 0 Å². The molecule has 0 aliphatic carbocycles. The summed E-state index contributed by atoms with van der Waals surface area (Å²) in [6.45, 7) is 10.2. The van der Waals surface area contributed by atoms with E-state index < -0.39 is 0 Å². The Hall–Kier alpha value is -3.27. The fourth-order valence-electron chi connectivity index (χ4n) is 6.63. The number of nitrogens with zero attached hydrogens (tertiary/aromatic N) is 6.